The van der Waals surface area contributed by atoms with Crippen LogP contribution in [0.4, 0.5) is 0 Å². The number of hydrogen-bond acceptors (Lipinski definition) is 1. The van der Waals surface area contributed by atoms with Crippen LogP contribution in [0.25, 0.3) is 10.9 Å². The summed E-state index contributed by atoms with van der Waals surface area (Å²) in [5, 5.41) is 1.42. The summed E-state index contributed by atoms with van der Waals surface area (Å²) in [6, 6.07) is 11.6. The quantitative estimate of drug-likeness (QED) is 0.224. The van der Waals surface area contributed by atoms with Crippen molar-refractivity contribution >= 4 is 41.1 Å². The van der Waals surface area contributed by atoms with E-state index in [1.165, 1.54) is 62.7 Å². The van der Waals surface area contributed by atoms with Crippen LogP contribution in [-0.2, 0) is 11.5 Å². The molecule has 2 nitrogen and oxygen atoms in total. The number of rotatable bonds is 14. The topological polar surface area (TPSA) is 14.2 Å². The van der Waals surface area contributed by atoms with Crippen molar-refractivity contribution in [1.29, 1.82) is 0 Å². The predicted octanol–water partition coefficient (Wildman–Crippen LogP) is 7.94. The summed E-state index contributed by atoms with van der Waals surface area (Å²) < 4.78 is 15.4. The van der Waals surface area contributed by atoms with E-state index in [9.17, 15) is 0 Å². The summed E-state index contributed by atoms with van der Waals surface area (Å²) in [7, 11) is -1.31. The third kappa shape index (κ3) is 6.62. The van der Waals surface area contributed by atoms with Crippen LogP contribution >= 0.6 is 0 Å². The van der Waals surface area contributed by atoms with Gasteiger partial charge in [0.1, 0.15) is 0 Å². The van der Waals surface area contributed by atoms with Gasteiger partial charge in [-0.3, -0.25) is 0 Å². The van der Waals surface area contributed by atoms with Crippen LogP contribution < -0.4 is 3.71 Å². The third-order valence-corrected chi connectivity index (χ3v) is 25.2. The first-order valence-electron chi connectivity index (χ1n) is 12.5. The molecule has 0 N–H and O–H groups in total. The molecule has 2 aromatic rings. The standard InChI is InChI=1S/C14H20NOSi.3C4H9.Sn/c1-12(17(2,3)4)16-11-15-10-9-13-7-5-6-8-14(13)15;3*1-3-4-2;/h5-9,12H,11H2,1-4H3;3*1,3-4H2,2H3;. The summed E-state index contributed by atoms with van der Waals surface area (Å²) in [6.45, 7) is 17.4. The zero-order chi connectivity index (χ0) is 22.2. The normalized spacial score (nSPS) is 13.8. The summed E-state index contributed by atoms with van der Waals surface area (Å²) in [5.74, 6) is 0. The zero-order valence-electron chi connectivity index (χ0n) is 20.9. The molecule has 2 rings (SSSR count). The Kier molecular flexibility index (Phi) is 10.5. The Balaban J connectivity index is 2.54. The van der Waals surface area contributed by atoms with E-state index < -0.39 is 26.5 Å². The second-order valence-corrected chi connectivity index (χ2v) is 29.0. The fourth-order valence-corrected chi connectivity index (χ4v) is 21.7. The number of hydrogen-bond donors (Lipinski definition) is 0. The van der Waals surface area contributed by atoms with E-state index in [0.29, 0.717) is 5.73 Å². The molecule has 0 amide bonds. The first-order chi connectivity index (χ1) is 14.3. The molecule has 4 heteroatoms. The number of para-hydroxylation sites is 1. The molecular weight excluding hydrogens is 489 g/mol. The molecule has 0 aliphatic rings. The van der Waals surface area contributed by atoms with Gasteiger partial charge in [0.05, 0.1) is 0 Å². The van der Waals surface area contributed by atoms with Crippen LogP contribution in [-0.4, -0.2) is 36.7 Å². The minimum absolute atomic E-state index is 0.373. The maximum atomic E-state index is 6.57. The first-order valence-corrected chi connectivity index (χ1v) is 23.5. The van der Waals surface area contributed by atoms with Gasteiger partial charge < -0.3 is 0 Å². The van der Waals surface area contributed by atoms with Crippen molar-refractivity contribution < 1.29 is 4.74 Å². The molecule has 1 unspecified atom stereocenters. The van der Waals surface area contributed by atoms with E-state index in [0.717, 1.165) is 6.73 Å². The Morgan fingerprint density at radius 1 is 0.900 bits per heavy atom. The Morgan fingerprint density at radius 2 is 1.43 bits per heavy atom. The fraction of sp³-hybridized carbons (Fsp3) is 0.692. The van der Waals surface area contributed by atoms with Crippen molar-refractivity contribution in [2.24, 2.45) is 0 Å². The van der Waals surface area contributed by atoms with E-state index >= 15 is 0 Å². The van der Waals surface area contributed by atoms with Gasteiger partial charge in [0, 0.05) is 0 Å². The molecule has 1 aromatic carbocycles. The van der Waals surface area contributed by atoms with Crippen molar-refractivity contribution in [1.82, 2.24) is 4.57 Å². The van der Waals surface area contributed by atoms with Crippen LogP contribution in [0, 0.1) is 0 Å². The van der Waals surface area contributed by atoms with Gasteiger partial charge >= 0.3 is 192 Å². The van der Waals surface area contributed by atoms with Gasteiger partial charge in [-0.25, -0.2) is 0 Å². The number of benzene rings is 1. The van der Waals surface area contributed by atoms with Crippen LogP contribution in [0.2, 0.25) is 33.0 Å². The summed E-state index contributed by atoms with van der Waals surface area (Å²) in [4.78, 5) is 0. The van der Waals surface area contributed by atoms with Crippen molar-refractivity contribution in [2.75, 3.05) is 0 Å². The van der Waals surface area contributed by atoms with Gasteiger partial charge in [-0.05, 0) is 0 Å². The SMILES string of the molecule is CCC[CH2][Sn]([CH2]CCC)([CH2]CCC)[c]1cc2ccccc2n1COC(C)[Si](C)(C)C. The summed E-state index contributed by atoms with van der Waals surface area (Å²) in [6.07, 6.45) is 8.16. The summed E-state index contributed by atoms with van der Waals surface area (Å²) in [5.41, 5.74) is 1.76. The van der Waals surface area contributed by atoms with Gasteiger partial charge in [-0.15, -0.1) is 0 Å². The number of nitrogens with zero attached hydrogens (tertiary/aromatic N) is 1. The Bertz CT molecular complexity index is 742. The van der Waals surface area contributed by atoms with E-state index in [2.05, 4.69) is 82.2 Å². The average molecular weight is 536 g/mol. The Hall–Kier alpha value is -0.264. The molecule has 1 heterocycles. The summed E-state index contributed by atoms with van der Waals surface area (Å²) >= 11 is -2.54. The molecule has 0 saturated heterocycles. The van der Waals surface area contributed by atoms with E-state index in [-0.39, 0.29) is 0 Å². The molecule has 0 aliphatic heterocycles. The fourth-order valence-electron chi connectivity index (χ4n) is 4.53. The van der Waals surface area contributed by atoms with Crippen LogP contribution in [0.15, 0.2) is 30.3 Å². The van der Waals surface area contributed by atoms with Gasteiger partial charge in [-0.1, -0.05) is 0 Å². The van der Waals surface area contributed by atoms with Gasteiger partial charge in [0.2, 0.25) is 0 Å². The van der Waals surface area contributed by atoms with Crippen LogP contribution in [0.3, 0.4) is 0 Å². The average Bonchev–Trinajstić information content (AvgIpc) is 3.10. The second-order valence-electron chi connectivity index (χ2n) is 10.4. The molecule has 0 bridgehead atoms. The molecular formula is C26H47NOSiSn. The molecule has 170 valence electrons. The number of fused-ring (bicyclic) bond motifs is 1. The van der Waals surface area contributed by atoms with Crippen LogP contribution in [0.1, 0.15) is 66.2 Å². The molecule has 30 heavy (non-hydrogen) atoms. The van der Waals surface area contributed by atoms with Gasteiger partial charge in [0.15, 0.2) is 0 Å². The van der Waals surface area contributed by atoms with Crippen LogP contribution in [0.5, 0.6) is 0 Å². The van der Waals surface area contributed by atoms with E-state index in [4.69, 9.17) is 4.74 Å². The monoisotopic (exact) mass is 537 g/mol. The molecule has 0 aliphatic carbocycles. The number of ether oxygens (including phenoxy) is 1. The predicted molar refractivity (Wildman–Crippen MR) is 140 cm³/mol. The number of aromatic nitrogens is 1. The first kappa shape index (κ1) is 26.0. The van der Waals surface area contributed by atoms with Crippen molar-refractivity contribution in [2.45, 2.75) is 112 Å². The third-order valence-electron chi connectivity index (χ3n) is 7.05. The Labute approximate surface area is 191 Å². The van der Waals surface area contributed by atoms with Gasteiger partial charge in [-0.2, -0.15) is 0 Å². The van der Waals surface area contributed by atoms with Gasteiger partial charge in [0.25, 0.3) is 0 Å². The minimum atomic E-state index is -2.54. The Morgan fingerprint density at radius 3 is 1.93 bits per heavy atom. The van der Waals surface area contributed by atoms with E-state index in [1.54, 1.807) is 3.71 Å². The van der Waals surface area contributed by atoms with E-state index in [1.807, 2.05) is 0 Å². The number of unbranched alkanes of at least 4 members (excludes halogenated alkanes) is 3. The molecule has 0 saturated carbocycles. The molecule has 1 atom stereocenters. The molecule has 0 radical (unpaired) electrons. The molecule has 0 fully saturated rings. The zero-order valence-corrected chi connectivity index (χ0v) is 24.7. The maximum absolute atomic E-state index is 6.57. The molecule has 1 aromatic heterocycles. The molecule has 0 spiro atoms. The van der Waals surface area contributed by atoms with Crippen molar-refractivity contribution in [3.63, 3.8) is 0 Å². The van der Waals surface area contributed by atoms with Crippen molar-refractivity contribution in [3.8, 4) is 0 Å². The second kappa shape index (κ2) is 12.1. The van der Waals surface area contributed by atoms with Crippen molar-refractivity contribution in [3.05, 3.63) is 30.3 Å².